The predicted octanol–water partition coefficient (Wildman–Crippen LogP) is 2.66. The first-order valence-corrected chi connectivity index (χ1v) is 11.1. The van der Waals surface area contributed by atoms with Crippen LogP contribution in [0, 0.1) is 6.92 Å². The van der Waals surface area contributed by atoms with Gasteiger partial charge in [-0.15, -0.1) is 0 Å². The van der Waals surface area contributed by atoms with Crippen LogP contribution in [0.5, 0.6) is 0 Å². The number of rotatable bonds is 6. The van der Waals surface area contributed by atoms with Crippen molar-refractivity contribution < 1.29 is 14.7 Å². The minimum Gasteiger partial charge on any atom is -0.391 e. The standard InChI is InChI=1S/C24H34N4O3/c1-5-28-17(2)15-20(26-28)23(31)27(4)21-11-13-24(14-12-22(21)30,16-25-18(3)29)19-9-7-6-8-10-19/h6-10,15,21-22,30H,5,11-14,16H2,1-4H3,(H,25,29)/t21-,22-,24-/m1/s1. The molecule has 1 saturated carbocycles. The zero-order chi connectivity index (χ0) is 22.6. The lowest BCUT2D eigenvalue weighted by molar-refractivity contribution is -0.119. The maximum atomic E-state index is 13.1. The third kappa shape index (κ3) is 4.98. The van der Waals surface area contributed by atoms with Crippen LogP contribution in [0.25, 0.3) is 0 Å². The molecule has 7 heteroatoms. The third-order valence-corrected chi connectivity index (χ3v) is 6.66. The molecule has 1 fully saturated rings. The van der Waals surface area contributed by atoms with Crippen LogP contribution in [0.3, 0.4) is 0 Å². The number of carbonyl (C=O) groups excluding carboxylic acids is 2. The van der Waals surface area contributed by atoms with Crippen LogP contribution >= 0.6 is 0 Å². The van der Waals surface area contributed by atoms with E-state index in [-0.39, 0.29) is 23.3 Å². The van der Waals surface area contributed by atoms with Crippen LogP contribution in [0.4, 0.5) is 0 Å². The van der Waals surface area contributed by atoms with Gasteiger partial charge >= 0.3 is 0 Å². The molecule has 1 aliphatic carbocycles. The summed E-state index contributed by atoms with van der Waals surface area (Å²) in [5, 5.41) is 18.4. The SMILES string of the molecule is CCn1nc(C(=O)N(C)[C@@H]2CC[C@@](CNC(C)=O)(c3ccccc3)CC[C@H]2O)cc1C. The number of likely N-dealkylation sites (N-methyl/N-ethyl adjacent to an activating group) is 1. The molecule has 2 amide bonds. The van der Waals surface area contributed by atoms with E-state index in [1.807, 2.05) is 32.0 Å². The number of nitrogens with zero attached hydrogens (tertiary/aromatic N) is 3. The second-order valence-electron chi connectivity index (χ2n) is 8.67. The smallest absolute Gasteiger partial charge is 0.274 e. The summed E-state index contributed by atoms with van der Waals surface area (Å²) in [5.41, 5.74) is 2.24. The van der Waals surface area contributed by atoms with Crippen LogP contribution in [-0.2, 0) is 16.8 Å². The van der Waals surface area contributed by atoms with Gasteiger partial charge in [0.1, 0.15) is 0 Å². The second-order valence-corrected chi connectivity index (χ2v) is 8.67. The third-order valence-electron chi connectivity index (χ3n) is 6.66. The van der Waals surface area contributed by atoms with Gasteiger partial charge in [-0.05, 0) is 51.2 Å². The fraction of sp³-hybridized carbons (Fsp3) is 0.542. The minimum absolute atomic E-state index is 0.0640. The molecule has 168 valence electrons. The minimum atomic E-state index is -0.633. The van der Waals surface area contributed by atoms with Crippen LogP contribution in [-0.4, -0.2) is 57.3 Å². The van der Waals surface area contributed by atoms with Gasteiger partial charge in [0.25, 0.3) is 5.91 Å². The molecule has 0 spiro atoms. The molecule has 1 aliphatic rings. The second kappa shape index (κ2) is 9.64. The number of nitrogens with one attached hydrogen (secondary N) is 1. The monoisotopic (exact) mass is 426 g/mol. The number of aliphatic hydroxyl groups is 1. The molecule has 0 bridgehead atoms. The van der Waals surface area contributed by atoms with E-state index in [1.165, 1.54) is 6.92 Å². The molecule has 1 heterocycles. The van der Waals surface area contributed by atoms with Crippen molar-refractivity contribution in [3.8, 4) is 0 Å². The highest BCUT2D eigenvalue weighted by Gasteiger charge is 2.40. The summed E-state index contributed by atoms with van der Waals surface area (Å²) in [6.07, 6.45) is 2.07. The van der Waals surface area contributed by atoms with Gasteiger partial charge in [-0.25, -0.2) is 0 Å². The first-order chi connectivity index (χ1) is 14.8. The van der Waals surface area contributed by atoms with Gasteiger partial charge in [0.05, 0.1) is 12.1 Å². The highest BCUT2D eigenvalue weighted by Crippen LogP contribution is 2.39. The summed E-state index contributed by atoms with van der Waals surface area (Å²) in [5.74, 6) is -0.237. The molecule has 3 atom stereocenters. The first-order valence-electron chi connectivity index (χ1n) is 11.1. The molecule has 0 radical (unpaired) electrons. The van der Waals surface area contributed by atoms with E-state index in [0.29, 0.717) is 31.6 Å². The summed E-state index contributed by atoms with van der Waals surface area (Å²) in [7, 11) is 1.75. The Kier molecular flexibility index (Phi) is 7.15. The van der Waals surface area contributed by atoms with Gasteiger partial charge in [0, 0.05) is 38.2 Å². The number of aliphatic hydroxyl groups excluding tert-OH is 1. The maximum absolute atomic E-state index is 13.1. The van der Waals surface area contributed by atoms with Crippen molar-refractivity contribution in [1.82, 2.24) is 20.0 Å². The molecule has 3 rings (SSSR count). The Hall–Kier alpha value is -2.67. The average molecular weight is 427 g/mol. The van der Waals surface area contributed by atoms with Crippen molar-refractivity contribution in [2.45, 2.75) is 70.6 Å². The van der Waals surface area contributed by atoms with Gasteiger partial charge in [-0.1, -0.05) is 30.3 Å². The number of benzene rings is 1. The largest absolute Gasteiger partial charge is 0.391 e. The fourth-order valence-corrected chi connectivity index (χ4v) is 4.73. The van der Waals surface area contributed by atoms with E-state index in [1.54, 1.807) is 22.7 Å². The molecule has 2 N–H and O–H groups in total. The van der Waals surface area contributed by atoms with Crippen molar-refractivity contribution in [3.63, 3.8) is 0 Å². The summed E-state index contributed by atoms with van der Waals surface area (Å²) >= 11 is 0. The highest BCUT2D eigenvalue weighted by atomic mass is 16.3. The Morgan fingerprint density at radius 2 is 1.94 bits per heavy atom. The van der Waals surface area contributed by atoms with E-state index in [0.717, 1.165) is 24.1 Å². The van der Waals surface area contributed by atoms with E-state index < -0.39 is 6.10 Å². The Bertz CT molecular complexity index is 911. The number of aromatic nitrogens is 2. The predicted molar refractivity (Wildman–Crippen MR) is 120 cm³/mol. The number of hydrogen-bond donors (Lipinski definition) is 2. The number of aryl methyl sites for hydroxylation is 2. The molecule has 1 aromatic carbocycles. The summed E-state index contributed by atoms with van der Waals surface area (Å²) in [6.45, 7) is 6.67. The molecule has 0 unspecified atom stereocenters. The normalized spacial score (nSPS) is 23.8. The van der Waals surface area contributed by atoms with Crippen LogP contribution in [0.1, 0.15) is 61.3 Å². The maximum Gasteiger partial charge on any atom is 0.274 e. The topological polar surface area (TPSA) is 87.5 Å². The van der Waals surface area contributed by atoms with Gasteiger partial charge in [0.2, 0.25) is 5.91 Å². The van der Waals surface area contributed by atoms with E-state index >= 15 is 0 Å². The van der Waals surface area contributed by atoms with Crippen molar-refractivity contribution in [3.05, 3.63) is 53.3 Å². The number of amides is 2. The van der Waals surface area contributed by atoms with Crippen molar-refractivity contribution in [2.24, 2.45) is 0 Å². The van der Waals surface area contributed by atoms with Gasteiger partial charge in [-0.2, -0.15) is 5.10 Å². The lowest BCUT2D eigenvalue weighted by atomic mass is 9.74. The molecule has 0 aliphatic heterocycles. The van der Waals surface area contributed by atoms with Crippen molar-refractivity contribution >= 4 is 11.8 Å². The van der Waals surface area contributed by atoms with Gasteiger partial charge in [0.15, 0.2) is 5.69 Å². The van der Waals surface area contributed by atoms with E-state index in [2.05, 4.69) is 22.5 Å². The van der Waals surface area contributed by atoms with Crippen LogP contribution in [0.15, 0.2) is 36.4 Å². The Morgan fingerprint density at radius 3 is 2.55 bits per heavy atom. The lowest BCUT2D eigenvalue weighted by Gasteiger charge is -2.34. The molecule has 1 aromatic heterocycles. The van der Waals surface area contributed by atoms with Crippen LogP contribution in [0.2, 0.25) is 0 Å². The van der Waals surface area contributed by atoms with Gasteiger partial charge < -0.3 is 15.3 Å². The molecule has 31 heavy (non-hydrogen) atoms. The summed E-state index contributed by atoms with van der Waals surface area (Å²) < 4.78 is 1.80. The number of carbonyl (C=O) groups is 2. The fourth-order valence-electron chi connectivity index (χ4n) is 4.73. The zero-order valence-corrected chi connectivity index (χ0v) is 19.0. The van der Waals surface area contributed by atoms with E-state index in [9.17, 15) is 14.7 Å². The first kappa shape index (κ1) is 23.0. The number of hydrogen-bond acceptors (Lipinski definition) is 4. The molecular weight excluding hydrogens is 392 g/mol. The quantitative estimate of drug-likeness (QED) is 0.695. The molecule has 2 aromatic rings. The Balaban J connectivity index is 1.82. The van der Waals surface area contributed by atoms with Crippen LogP contribution < -0.4 is 5.32 Å². The zero-order valence-electron chi connectivity index (χ0n) is 19.0. The van der Waals surface area contributed by atoms with E-state index in [4.69, 9.17) is 0 Å². The Morgan fingerprint density at radius 1 is 1.26 bits per heavy atom. The van der Waals surface area contributed by atoms with Gasteiger partial charge in [-0.3, -0.25) is 14.3 Å². The van der Waals surface area contributed by atoms with Crippen molar-refractivity contribution in [1.29, 1.82) is 0 Å². The Labute approximate surface area is 184 Å². The highest BCUT2D eigenvalue weighted by molar-refractivity contribution is 5.92. The molecule has 0 saturated heterocycles. The summed E-state index contributed by atoms with van der Waals surface area (Å²) in [4.78, 5) is 26.4. The summed E-state index contributed by atoms with van der Waals surface area (Å²) in [6, 6.07) is 11.7. The molecule has 7 nitrogen and oxygen atoms in total. The molecular formula is C24H34N4O3. The average Bonchev–Trinajstić information content (AvgIpc) is 3.06. The van der Waals surface area contributed by atoms with Crippen molar-refractivity contribution in [2.75, 3.05) is 13.6 Å². The lowest BCUT2D eigenvalue weighted by Crippen LogP contribution is -2.44.